The maximum Gasteiger partial charge on any atom is 0.136 e. The molecular weight excluding hydrogens is 244 g/mol. The number of nitrogens with one attached hydrogen (secondary N) is 1. The fourth-order valence-corrected chi connectivity index (χ4v) is 1.73. The lowest BCUT2D eigenvalue weighted by Crippen LogP contribution is -2.15. The quantitative estimate of drug-likeness (QED) is 0.691. The molecule has 0 bridgehead atoms. The molecule has 0 spiro atoms. The summed E-state index contributed by atoms with van der Waals surface area (Å²) in [5, 5.41) is 3.26. The van der Waals surface area contributed by atoms with E-state index in [1.54, 1.807) is 7.11 Å². The van der Waals surface area contributed by atoms with Crippen LogP contribution in [0.4, 0.5) is 11.6 Å². The summed E-state index contributed by atoms with van der Waals surface area (Å²) in [6, 6.07) is 0. The number of ether oxygens (including phenoxy) is 2. The molecule has 1 aromatic heterocycles. The second-order valence-corrected chi connectivity index (χ2v) is 4.75. The number of rotatable bonds is 8. The van der Waals surface area contributed by atoms with Crippen molar-refractivity contribution < 1.29 is 9.47 Å². The van der Waals surface area contributed by atoms with E-state index in [0.29, 0.717) is 38.1 Å². The molecule has 106 valence electrons. The van der Waals surface area contributed by atoms with Gasteiger partial charge in [-0.1, -0.05) is 0 Å². The normalized spacial score (nSPS) is 14.6. The first-order chi connectivity index (χ1) is 9.22. The van der Waals surface area contributed by atoms with Crippen LogP contribution < -0.4 is 11.1 Å². The molecule has 1 aliphatic carbocycles. The Hall–Kier alpha value is -1.40. The molecular formula is C13H22N4O2. The van der Waals surface area contributed by atoms with E-state index in [1.165, 1.54) is 12.8 Å². The average molecular weight is 266 g/mol. The molecule has 0 atom stereocenters. The van der Waals surface area contributed by atoms with Gasteiger partial charge in [0.1, 0.15) is 17.5 Å². The Balaban J connectivity index is 1.84. The number of aromatic nitrogens is 2. The minimum Gasteiger partial charge on any atom is -0.383 e. The number of hydrogen-bond acceptors (Lipinski definition) is 6. The maximum absolute atomic E-state index is 5.92. The first-order valence-corrected chi connectivity index (χ1v) is 6.67. The predicted molar refractivity (Wildman–Crippen MR) is 74.3 cm³/mol. The monoisotopic (exact) mass is 266 g/mol. The highest BCUT2D eigenvalue weighted by Crippen LogP contribution is 2.39. The zero-order chi connectivity index (χ0) is 13.7. The number of nitrogens with two attached hydrogens (primary N) is 1. The van der Waals surface area contributed by atoms with E-state index in [4.69, 9.17) is 15.2 Å². The van der Waals surface area contributed by atoms with Crippen molar-refractivity contribution in [2.24, 2.45) is 0 Å². The van der Waals surface area contributed by atoms with Gasteiger partial charge in [-0.05, 0) is 19.8 Å². The van der Waals surface area contributed by atoms with Crippen molar-refractivity contribution in [2.75, 3.05) is 44.5 Å². The molecule has 0 unspecified atom stereocenters. The lowest BCUT2D eigenvalue weighted by atomic mass is 10.3. The molecule has 0 saturated heterocycles. The van der Waals surface area contributed by atoms with Crippen LogP contribution in [0, 0.1) is 6.92 Å². The van der Waals surface area contributed by atoms with E-state index < -0.39 is 0 Å². The van der Waals surface area contributed by atoms with Gasteiger partial charge in [-0.25, -0.2) is 9.97 Å². The maximum atomic E-state index is 5.92. The van der Waals surface area contributed by atoms with E-state index in [9.17, 15) is 0 Å². The summed E-state index contributed by atoms with van der Waals surface area (Å²) in [5.41, 5.74) is 6.82. The highest BCUT2D eigenvalue weighted by Gasteiger charge is 2.27. The minimum atomic E-state index is 0.501. The zero-order valence-electron chi connectivity index (χ0n) is 11.6. The first-order valence-electron chi connectivity index (χ1n) is 6.67. The van der Waals surface area contributed by atoms with Crippen molar-refractivity contribution >= 4 is 11.6 Å². The van der Waals surface area contributed by atoms with E-state index in [1.807, 2.05) is 6.92 Å². The number of anilines is 2. The second kappa shape index (κ2) is 6.68. The van der Waals surface area contributed by atoms with Crippen molar-refractivity contribution in [3.05, 3.63) is 11.4 Å². The zero-order valence-corrected chi connectivity index (χ0v) is 11.6. The summed E-state index contributed by atoms with van der Waals surface area (Å²) in [4.78, 5) is 8.89. The number of hydrogen-bond donors (Lipinski definition) is 2. The Morgan fingerprint density at radius 3 is 2.74 bits per heavy atom. The summed E-state index contributed by atoms with van der Waals surface area (Å²) in [6.07, 6.45) is 2.34. The molecule has 19 heavy (non-hydrogen) atoms. The van der Waals surface area contributed by atoms with Gasteiger partial charge in [-0.15, -0.1) is 0 Å². The molecule has 1 saturated carbocycles. The smallest absolute Gasteiger partial charge is 0.136 e. The van der Waals surface area contributed by atoms with Crippen LogP contribution in [0.5, 0.6) is 0 Å². The van der Waals surface area contributed by atoms with E-state index >= 15 is 0 Å². The molecule has 1 aliphatic rings. The highest BCUT2D eigenvalue weighted by atomic mass is 16.5. The Bertz CT molecular complexity index is 421. The van der Waals surface area contributed by atoms with Gasteiger partial charge in [0.05, 0.1) is 19.8 Å². The van der Waals surface area contributed by atoms with Crippen LogP contribution in [-0.2, 0) is 9.47 Å². The van der Waals surface area contributed by atoms with Crippen molar-refractivity contribution in [3.63, 3.8) is 0 Å². The van der Waals surface area contributed by atoms with E-state index in [0.717, 1.165) is 17.2 Å². The third-order valence-electron chi connectivity index (χ3n) is 3.11. The number of nitrogens with zero attached hydrogens (tertiary/aromatic N) is 2. The topological polar surface area (TPSA) is 82.3 Å². The Labute approximate surface area is 113 Å². The lowest BCUT2D eigenvalue weighted by Gasteiger charge is -2.12. The Kier molecular flexibility index (Phi) is 4.93. The van der Waals surface area contributed by atoms with Gasteiger partial charge < -0.3 is 20.5 Å². The fourth-order valence-electron chi connectivity index (χ4n) is 1.73. The van der Waals surface area contributed by atoms with E-state index in [-0.39, 0.29) is 0 Å². The number of methoxy groups -OCH3 is 1. The van der Waals surface area contributed by atoms with Crippen molar-refractivity contribution in [3.8, 4) is 0 Å². The van der Waals surface area contributed by atoms with Crippen molar-refractivity contribution in [1.29, 1.82) is 0 Å². The molecule has 1 heterocycles. The number of nitrogen functional groups attached to an aromatic ring is 1. The van der Waals surface area contributed by atoms with Crippen LogP contribution in [0.1, 0.15) is 30.1 Å². The molecule has 0 amide bonds. The summed E-state index contributed by atoms with van der Waals surface area (Å²) in [6.45, 7) is 4.47. The molecule has 0 radical (unpaired) electrons. The van der Waals surface area contributed by atoms with Crippen LogP contribution in [0.2, 0.25) is 0 Å². The standard InChI is InChI=1S/C13H22N4O2/c1-9-11(14)16-13(10-3-4-10)17-12(9)15-5-6-19-8-7-18-2/h10H,3-8H2,1-2H3,(H3,14,15,16,17). The predicted octanol–water partition coefficient (Wildman–Crippen LogP) is 1.32. The molecule has 1 fully saturated rings. The fraction of sp³-hybridized carbons (Fsp3) is 0.692. The molecule has 0 aromatic carbocycles. The third kappa shape index (κ3) is 4.04. The van der Waals surface area contributed by atoms with Crippen molar-refractivity contribution in [1.82, 2.24) is 9.97 Å². The molecule has 1 aromatic rings. The van der Waals surface area contributed by atoms with Crippen LogP contribution >= 0.6 is 0 Å². The molecule has 2 rings (SSSR count). The lowest BCUT2D eigenvalue weighted by molar-refractivity contribution is 0.0759. The van der Waals surface area contributed by atoms with Crippen molar-refractivity contribution in [2.45, 2.75) is 25.7 Å². The van der Waals surface area contributed by atoms with Crippen LogP contribution in [0.25, 0.3) is 0 Å². The molecule has 3 N–H and O–H groups in total. The SMILES string of the molecule is COCCOCCNc1nc(C2CC2)nc(N)c1C. The summed E-state index contributed by atoms with van der Waals surface area (Å²) >= 11 is 0. The summed E-state index contributed by atoms with van der Waals surface area (Å²) in [5.74, 6) is 2.76. The largest absolute Gasteiger partial charge is 0.383 e. The third-order valence-corrected chi connectivity index (χ3v) is 3.11. The summed E-state index contributed by atoms with van der Waals surface area (Å²) in [7, 11) is 1.66. The van der Waals surface area contributed by atoms with Gasteiger partial charge in [-0.3, -0.25) is 0 Å². The Morgan fingerprint density at radius 1 is 1.26 bits per heavy atom. The van der Waals surface area contributed by atoms with Crippen LogP contribution in [-0.4, -0.2) is 43.4 Å². The average Bonchev–Trinajstić information content (AvgIpc) is 3.22. The minimum absolute atomic E-state index is 0.501. The van der Waals surface area contributed by atoms with Gasteiger partial charge in [0, 0.05) is 25.1 Å². The van der Waals surface area contributed by atoms with Gasteiger partial charge in [0.15, 0.2) is 0 Å². The molecule has 6 heteroatoms. The first kappa shape index (κ1) is 14.0. The second-order valence-electron chi connectivity index (χ2n) is 4.75. The molecule has 0 aliphatic heterocycles. The van der Waals surface area contributed by atoms with Gasteiger partial charge in [0.25, 0.3) is 0 Å². The highest BCUT2D eigenvalue weighted by molar-refractivity contribution is 5.55. The van der Waals surface area contributed by atoms with E-state index in [2.05, 4.69) is 15.3 Å². The Morgan fingerprint density at radius 2 is 2.05 bits per heavy atom. The van der Waals surface area contributed by atoms with Gasteiger partial charge in [-0.2, -0.15) is 0 Å². The summed E-state index contributed by atoms with van der Waals surface area (Å²) < 4.78 is 10.3. The van der Waals surface area contributed by atoms with Gasteiger partial charge in [0.2, 0.25) is 0 Å². The van der Waals surface area contributed by atoms with Crippen LogP contribution in [0.3, 0.4) is 0 Å². The van der Waals surface area contributed by atoms with Crippen LogP contribution in [0.15, 0.2) is 0 Å². The molecule has 6 nitrogen and oxygen atoms in total. The van der Waals surface area contributed by atoms with Gasteiger partial charge >= 0.3 is 0 Å².